The molecule has 0 bridgehead atoms. The number of anilines is 1. The lowest BCUT2D eigenvalue weighted by atomic mass is 10.2. The minimum Gasteiger partial charge on any atom is -0.301 e. The molecule has 1 aliphatic heterocycles. The van der Waals surface area contributed by atoms with Gasteiger partial charge in [0.15, 0.2) is 0 Å². The first-order valence-electron chi connectivity index (χ1n) is 8.98. The number of hydrogen-bond donors (Lipinski definition) is 1. The highest BCUT2D eigenvalue weighted by Gasteiger charge is 2.31. The number of aromatic nitrogens is 2. The molecule has 1 saturated heterocycles. The number of thiophene rings is 1. The van der Waals surface area contributed by atoms with Gasteiger partial charge in [0, 0.05) is 17.8 Å². The topological polar surface area (TPSA) is 75.2 Å². The van der Waals surface area contributed by atoms with Gasteiger partial charge in [-0.25, -0.2) is 0 Å². The van der Waals surface area contributed by atoms with Crippen molar-refractivity contribution < 1.29 is 9.59 Å². The van der Waals surface area contributed by atoms with Crippen LogP contribution in [0.5, 0.6) is 0 Å². The highest BCUT2D eigenvalue weighted by molar-refractivity contribution is 8.26. The first-order chi connectivity index (χ1) is 13.6. The third kappa shape index (κ3) is 5.69. The predicted octanol–water partition coefficient (Wildman–Crippen LogP) is 4.56. The van der Waals surface area contributed by atoms with Crippen molar-refractivity contribution in [3.8, 4) is 0 Å². The number of thiocarbonyl (C=S) groups is 1. The number of amides is 2. The predicted molar refractivity (Wildman–Crippen MR) is 121 cm³/mol. The highest BCUT2D eigenvalue weighted by atomic mass is 32.2. The normalized spacial score (nSPS) is 15.6. The summed E-state index contributed by atoms with van der Waals surface area (Å²) in [5.74, 6) is -0.0764. The average molecular weight is 453 g/mol. The summed E-state index contributed by atoms with van der Waals surface area (Å²) < 4.78 is 0.605. The van der Waals surface area contributed by atoms with Gasteiger partial charge in [0.05, 0.1) is 4.91 Å². The zero-order valence-electron chi connectivity index (χ0n) is 15.3. The van der Waals surface area contributed by atoms with Crippen molar-refractivity contribution in [3.63, 3.8) is 0 Å². The smallest absolute Gasteiger partial charge is 0.266 e. The Bertz CT molecular complexity index is 876. The Kier molecular flexibility index (Phi) is 7.72. The fourth-order valence-corrected chi connectivity index (χ4v) is 5.28. The number of thioether (sulfide) groups is 1. The van der Waals surface area contributed by atoms with E-state index in [1.165, 1.54) is 23.1 Å². The molecule has 3 heterocycles. The molecule has 0 saturated carbocycles. The zero-order chi connectivity index (χ0) is 19.9. The van der Waals surface area contributed by atoms with E-state index in [2.05, 4.69) is 15.5 Å². The van der Waals surface area contributed by atoms with Crippen molar-refractivity contribution in [2.45, 2.75) is 39.0 Å². The molecular formula is C18H20N4O2S4. The second-order valence-corrected chi connectivity index (χ2v) is 9.78. The molecule has 2 aromatic rings. The molecule has 148 valence electrons. The number of hydrogen-bond acceptors (Lipinski definition) is 8. The molecule has 1 N–H and O–H groups in total. The van der Waals surface area contributed by atoms with Crippen molar-refractivity contribution >= 4 is 74.0 Å². The molecule has 0 unspecified atom stereocenters. The van der Waals surface area contributed by atoms with Crippen LogP contribution in [0.15, 0.2) is 22.4 Å². The maximum absolute atomic E-state index is 12.5. The molecule has 0 aliphatic carbocycles. The summed E-state index contributed by atoms with van der Waals surface area (Å²) in [5.41, 5.74) is 0. The summed E-state index contributed by atoms with van der Waals surface area (Å²) >= 11 is 9.70. The highest BCUT2D eigenvalue weighted by Crippen LogP contribution is 2.33. The average Bonchev–Trinajstić information content (AvgIpc) is 3.39. The van der Waals surface area contributed by atoms with Gasteiger partial charge in [0.2, 0.25) is 11.0 Å². The Hall–Kier alpha value is -1.62. The molecule has 1 fully saturated rings. The van der Waals surface area contributed by atoms with Gasteiger partial charge in [-0.3, -0.25) is 14.5 Å². The summed E-state index contributed by atoms with van der Waals surface area (Å²) in [6, 6.07) is 3.94. The van der Waals surface area contributed by atoms with Crippen LogP contribution in [0.25, 0.3) is 6.08 Å². The molecule has 2 amide bonds. The van der Waals surface area contributed by atoms with E-state index in [1.54, 1.807) is 16.2 Å². The number of unbranched alkanes of at least 4 members (excludes halogenated alkanes) is 2. The minimum atomic E-state index is -0.0525. The lowest BCUT2D eigenvalue weighted by Gasteiger charge is -2.13. The van der Waals surface area contributed by atoms with E-state index < -0.39 is 0 Å². The van der Waals surface area contributed by atoms with Gasteiger partial charge >= 0.3 is 0 Å². The van der Waals surface area contributed by atoms with Crippen LogP contribution in [0.2, 0.25) is 0 Å². The number of carbonyl (C=O) groups is 2. The first-order valence-corrected chi connectivity index (χ1v) is 11.9. The summed E-state index contributed by atoms with van der Waals surface area (Å²) in [6.07, 6.45) is 5.55. The number of aryl methyl sites for hydroxylation is 1. The second kappa shape index (κ2) is 10.2. The van der Waals surface area contributed by atoms with Gasteiger partial charge in [-0.1, -0.05) is 54.7 Å². The van der Waals surface area contributed by atoms with Crippen LogP contribution in [-0.4, -0.2) is 37.8 Å². The Balaban J connectivity index is 1.37. The number of nitrogens with one attached hydrogen (secondary N) is 1. The molecule has 0 aromatic carbocycles. The van der Waals surface area contributed by atoms with E-state index in [0.29, 0.717) is 27.3 Å². The van der Waals surface area contributed by atoms with Crippen LogP contribution in [-0.2, 0) is 16.0 Å². The first kappa shape index (κ1) is 21.1. The fourth-order valence-electron chi connectivity index (χ4n) is 2.56. The third-order valence-corrected chi connectivity index (χ3v) is 7.17. The maximum Gasteiger partial charge on any atom is 0.266 e. The molecule has 2 aromatic heterocycles. The largest absolute Gasteiger partial charge is 0.301 e. The van der Waals surface area contributed by atoms with Gasteiger partial charge in [-0.15, -0.1) is 21.5 Å². The van der Waals surface area contributed by atoms with Gasteiger partial charge in [-0.05, 0) is 36.8 Å². The molecule has 1 aliphatic rings. The Labute approximate surface area is 181 Å². The molecular weight excluding hydrogens is 432 g/mol. The van der Waals surface area contributed by atoms with E-state index in [1.807, 2.05) is 30.5 Å². The van der Waals surface area contributed by atoms with E-state index in [9.17, 15) is 9.59 Å². The maximum atomic E-state index is 12.5. The zero-order valence-corrected chi connectivity index (χ0v) is 18.6. The molecule has 0 radical (unpaired) electrons. The van der Waals surface area contributed by atoms with Crippen molar-refractivity contribution in [2.75, 3.05) is 11.9 Å². The Morgan fingerprint density at radius 2 is 2.18 bits per heavy atom. The van der Waals surface area contributed by atoms with E-state index >= 15 is 0 Å². The standard InChI is InChI=1S/C18H20N4O2S4/c1-2-15-20-21-17(28-15)19-14(23)8-4-3-5-9-22-16(24)13(27-18(22)25)11-12-7-6-10-26-12/h6-7,10-11H,2-5,8-9H2,1H3,(H,19,21,23)/b13-11+. The Morgan fingerprint density at radius 1 is 1.32 bits per heavy atom. The summed E-state index contributed by atoms with van der Waals surface area (Å²) in [6.45, 7) is 2.59. The third-order valence-electron chi connectivity index (χ3n) is 3.99. The van der Waals surface area contributed by atoms with E-state index in [0.717, 1.165) is 35.6 Å². The van der Waals surface area contributed by atoms with Crippen molar-refractivity contribution in [3.05, 3.63) is 32.3 Å². The molecule has 0 atom stereocenters. The van der Waals surface area contributed by atoms with Crippen LogP contribution in [0.1, 0.15) is 42.5 Å². The summed E-state index contributed by atoms with van der Waals surface area (Å²) in [5, 5.41) is 14.2. The lowest BCUT2D eigenvalue weighted by Crippen LogP contribution is -2.29. The summed E-state index contributed by atoms with van der Waals surface area (Å²) in [4.78, 5) is 27.9. The van der Waals surface area contributed by atoms with Gasteiger partial charge in [0.25, 0.3) is 5.91 Å². The number of carbonyl (C=O) groups excluding carboxylic acids is 2. The SMILES string of the molecule is CCc1nnc(NC(=O)CCCCCN2C(=O)/C(=C\c3cccs3)SC2=S)s1. The van der Waals surface area contributed by atoms with Crippen molar-refractivity contribution in [1.29, 1.82) is 0 Å². The van der Waals surface area contributed by atoms with Crippen LogP contribution in [0.4, 0.5) is 5.13 Å². The molecule has 6 nitrogen and oxygen atoms in total. The number of nitrogens with zero attached hydrogens (tertiary/aromatic N) is 3. The van der Waals surface area contributed by atoms with Gasteiger partial charge in [-0.2, -0.15) is 0 Å². The van der Waals surface area contributed by atoms with Crippen LogP contribution in [0, 0.1) is 0 Å². The van der Waals surface area contributed by atoms with Crippen molar-refractivity contribution in [2.24, 2.45) is 0 Å². The molecule has 3 rings (SSSR count). The lowest BCUT2D eigenvalue weighted by molar-refractivity contribution is -0.122. The Morgan fingerprint density at radius 3 is 2.89 bits per heavy atom. The van der Waals surface area contributed by atoms with Gasteiger partial charge < -0.3 is 5.32 Å². The van der Waals surface area contributed by atoms with Gasteiger partial charge in [0.1, 0.15) is 9.33 Å². The van der Waals surface area contributed by atoms with Crippen LogP contribution < -0.4 is 5.32 Å². The summed E-state index contributed by atoms with van der Waals surface area (Å²) in [7, 11) is 0. The van der Waals surface area contributed by atoms with Crippen LogP contribution >= 0.6 is 46.7 Å². The minimum absolute atomic E-state index is 0.0239. The second-order valence-electron chi connectivity index (χ2n) is 6.06. The quantitative estimate of drug-likeness (QED) is 0.341. The molecule has 10 heteroatoms. The monoisotopic (exact) mass is 452 g/mol. The van der Waals surface area contributed by atoms with E-state index in [4.69, 9.17) is 12.2 Å². The molecule has 28 heavy (non-hydrogen) atoms. The van der Waals surface area contributed by atoms with E-state index in [-0.39, 0.29) is 11.8 Å². The fraction of sp³-hybridized carbons (Fsp3) is 0.389. The number of rotatable bonds is 9. The molecule has 0 spiro atoms. The van der Waals surface area contributed by atoms with Crippen LogP contribution in [0.3, 0.4) is 0 Å². The van der Waals surface area contributed by atoms with Crippen molar-refractivity contribution in [1.82, 2.24) is 15.1 Å².